The normalized spacial score (nSPS) is 16.1. The number of carbonyl (C=O) groups is 2. The molecule has 2 heterocycles. The first-order valence-corrected chi connectivity index (χ1v) is 11.0. The van der Waals surface area contributed by atoms with E-state index in [4.69, 9.17) is 9.47 Å². The Balaban J connectivity index is 1.79. The smallest absolute Gasteiger partial charge is 0.340 e. The van der Waals surface area contributed by atoms with Crippen LogP contribution in [-0.4, -0.2) is 50.4 Å². The minimum Gasteiger partial charge on any atom is -0.476 e. The lowest BCUT2D eigenvalue weighted by atomic mass is 10.2. The fourth-order valence-electron chi connectivity index (χ4n) is 3.54. The predicted molar refractivity (Wildman–Crippen MR) is 112 cm³/mol. The second-order valence-electron chi connectivity index (χ2n) is 6.77. The van der Waals surface area contributed by atoms with E-state index in [0.717, 1.165) is 0 Å². The Labute approximate surface area is 173 Å². The Kier molecular flexibility index (Phi) is 4.98. The lowest BCUT2D eigenvalue weighted by Gasteiger charge is -2.34. The van der Waals surface area contributed by atoms with Crippen LogP contribution in [0.3, 0.4) is 0 Å². The van der Waals surface area contributed by atoms with Crippen LogP contribution in [0.2, 0.25) is 0 Å². The molecule has 0 amide bonds. The molecule has 1 aliphatic rings. The Morgan fingerprint density at radius 2 is 1.83 bits per heavy atom. The van der Waals surface area contributed by atoms with Crippen LogP contribution in [0.4, 0.5) is 5.69 Å². The number of carbonyl (C=O) groups excluding carboxylic acids is 2. The minimum atomic E-state index is -3.62. The highest BCUT2D eigenvalue weighted by Crippen LogP contribution is 2.35. The van der Waals surface area contributed by atoms with Crippen molar-refractivity contribution in [2.45, 2.75) is 13.0 Å². The van der Waals surface area contributed by atoms with Gasteiger partial charge in [0, 0.05) is 11.6 Å². The molecule has 0 saturated heterocycles. The molecule has 8 nitrogen and oxygen atoms in total. The molecule has 156 valence electrons. The van der Waals surface area contributed by atoms with Gasteiger partial charge in [0.25, 0.3) is 5.91 Å². The Morgan fingerprint density at radius 3 is 2.57 bits per heavy atom. The van der Waals surface area contributed by atoms with Gasteiger partial charge in [-0.1, -0.05) is 30.3 Å². The van der Waals surface area contributed by atoms with Crippen LogP contribution in [0.1, 0.15) is 22.1 Å². The summed E-state index contributed by atoms with van der Waals surface area (Å²) in [5.41, 5.74) is 1.15. The van der Waals surface area contributed by atoms with Crippen LogP contribution in [0.15, 0.2) is 54.7 Å². The summed E-state index contributed by atoms with van der Waals surface area (Å²) in [5, 5.41) is 0.562. The largest absolute Gasteiger partial charge is 0.476 e. The van der Waals surface area contributed by atoms with E-state index in [0.29, 0.717) is 22.3 Å². The molecule has 0 bridgehead atoms. The molecule has 0 unspecified atom stereocenters. The van der Waals surface area contributed by atoms with E-state index in [1.165, 1.54) is 22.2 Å². The first-order chi connectivity index (χ1) is 14.4. The van der Waals surface area contributed by atoms with Gasteiger partial charge < -0.3 is 9.47 Å². The summed E-state index contributed by atoms with van der Waals surface area (Å²) >= 11 is 0. The van der Waals surface area contributed by atoms with Crippen molar-refractivity contribution in [3.8, 4) is 5.75 Å². The third-order valence-corrected chi connectivity index (χ3v) is 6.81. The van der Waals surface area contributed by atoms with Crippen molar-refractivity contribution in [2.75, 3.05) is 23.7 Å². The number of rotatable bonds is 4. The van der Waals surface area contributed by atoms with Crippen LogP contribution in [0.5, 0.6) is 5.75 Å². The summed E-state index contributed by atoms with van der Waals surface area (Å²) in [6.07, 6.45) is 0.323. The second-order valence-corrected chi connectivity index (χ2v) is 8.95. The third-order valence-electron chi connectivity index (χ3n) is 5.07. The Bertz CT molecular complexity index is 1250. The highest BCUT2D eigenvalue weighted by atomic mass is 32.2. The second kappa shape index (κ2) is 7.49. The molecule has 3 aromatic rings. The molecule has 0 saturated carbocycles. The number of nitrogens with zero attached hydrogens (tertiary/aromatic N) is 2. The number of hydrogen-bond donors (Lipinski definition) is 0. The van der Waals surface area contributed by atoms with Gasteiger partial charge in [0.15, 0.2) is 6.10 Å². The maximum atomic E-state index is 13.4. The quantitative estimate of drug-likeness (QED) is 0.593. The molecule has 0 fully saturated rings. The molecule has 2 aromatic carbocycles. The van der Waals surface area contributed by atoms with Gasteiger partial charge in [-0.2, -0.15) is 0 Å². The monoisotopic (exact) mass is 428 g/mol. The molecule has 0 spiro atoms. The van der Waals surface area contributed by atoms with Crippen LogP contribution < -0.4 is 9.04 Å². The first kappa shape index (κ1) is 20.0. The summed E-state index contributed by atoms with van der Waals surface area (Å²) in [7, 11) is -2.35. The van der Waals surface area contributed by atoms with E-state index >= 15 is 0 Å². The highest BCUT2D eigenvalue weighted by molar-refractivity contribution is 7.92. The predicted octanol–water partition coefficient (Wildman–Crippen LogP) is 2.69. The number of benzene rings is 2. The number of aromatic nitrogens is 1. The first-order valence-electron chi connectivity index (χ1n) is 9.36. The van der Waals surface area contributed by atoms with Gasteiger partial charge in [0.2, 0.25) is 10.0 Å². The standard InChI is InChI=1S/C21H20N2O6S/c1-3-30(26,27)23-13-19(29-18-11-7-6-10-17(18)23)20(24)22-12-15(21(25)28-2)14-8-4-5-9-16(14)22/h4-12,19H,3,13H2,1-2H3/t19-/m1/s1. The number of para-hydroxylation sites is 3. The summed E-state index contributed by atoms with van der Waals surface area (Å²) < 4.78 is 38.5. The molecule has 9 heteroatoms. The molecule has 0 aliphatic carbocycles. The zero-order valence-corrected chi connectivity index (χ0v) is 17.3. The van der Waals surface area contributed by atoms with E-state index in [2.05, 4.69) is 0 Å². The Morgan fingerprint density at radius 1 is 1.13 bits per heavy atom. The summed E-state index contributed by atoms with van der Waals surface area (Å²) in [6, 6.07) is 13.6. The molecule has 1 aliphatic heterocycles. The third kappa shape index (κ3) is 3.21. The van der Waals surface area contributed by atoms with Crippen molar-refractivity contribution in [3.63, 3.8) is 0 Å². The zero-order valence-electron chi connectivity index (χ0n) is 16.4. The number of methoxy groups -OCH3 is 1. The van der Waals surface area contributed by atoms with Gasteiger partial charge in [-0.25, -0.2) is 13.2 Å². The molecular formula is C21H20N2O6S. The summed E-state index contributed by atoms with van der Waals surface area (Å²) in [4.78, 5) is 25.5. The van der Waals surface area contributed by atoms with E-state index in [9.17, 15) is 18.0 Å². The van der Waals surface area contributed by atoms with E-state index in [1.54, 1.807) is 55.5 Å². The number of hydrogen-bond acceptors (Lipinski definition) is 6. The lowest BCUT2D eigenvalue weighted by Crippen LogP contribution is -2.48. The number of ether oxygens (including phenoxy) is 2. The van der Waals surface area contributed by atoms with Crippen LogP contribution in [0.25, 0.3) is 10.9 Å². The van der Waals surface area contributed by atoms with E-state index in [1.807, 2.05) is 0 Å². The van der Waals surface area contributed by atoms with Gasteiger partial charge in [-0.3, -0.25) is 13.7 Å². The summed E-state index contributed by atoms with van der Waals surface area (Å²) in [6.45, 7) is 1.39. The van der Waals surface area contributed by atoms with Crippen molar-refractivity contribution in [3.05, 3.63) is 60.3 Å². The molecule has 0 N–H and O–H groups in total. The van der Waals surface area contributed by atoms with Crippen LogP contribution >= 0.6 is 0 Å². The molecular weight excluding hydrogens is 408 g/mol. The maximum Gasteiger partial charge on any atom is 0.340 e. The van der Waals surface area contributed by atoms with Crippen molar-refractivity contribution in [2.24, 2.45) is 0 Å². The fourth-order valence-corrected chi connectivity index (χ4v) is 4.66. The average molecular weight is 428 g/mol. The van der Waals surface area contributed by atoms with Crippen LogP contribution in [-0.2, 0) is 14.8 Å². The van der Waals surface area contributed by atoms with Gasteiger partial charge in [0.05, 0.1) is 36.2 Å². The SMILES string of the molecule is CCS(=O)(=O)N1C[C@H](C(=O)n2cc(C(=O)OC)c3ccccc32)Oc2ccccc21. The van der Waals surface area contributed by atoms with E-state index in [-0.39, 0.29) is 17.9 Å². The van der Waals surface area contributed by atoms with Gasteiger partial charge in [0.1, 0.15) is 5.75 Å². The van der Waals surface area contributed by atoms with Crippen molar-refractivity contribution in [1.29, 1.82) is 0 Å². The van der Waals surface area contributed by atoms with Crippen molar-refractivity contribution in [1.82, 2.24) is 4.57 Å². The van der Waals surface area contributed by atoms with Gasteiger partial charge in [-0.05, 0) is 25.1 Å². The Hall–Kier alpha value is -3.33. The number of esters is 1. The highest BCUT2D eigenvalue weighted by Gasteiger charge is 2.37. The molecule has 0 radical (unpaired) electrons. The molecule has 4 rings (SSSR count). The average Bonchev–Trinajstić information content (AvgIpc) is 3.17. The molecule has 1 aromatic heterocycles. The molecule has 30 heavy (non-hydrogen) atoms. The maximum absolute atomic E-state index is 13.4. The lowest BCUT2D eigenvalue weighted by molar-refractivity contribution is 0.0602. The topological polar surface area (TPSA) is 94.9 Å². The fraction of sp³-hybridized carbons (Fsp3) is 0.238. The number of fused-ring (bicyclic) bond motifs is 2. The number of sulfonamides is 1. The minimum absolute atomic E-state index is 0.110. The van der Waals surface area contributed by atoms with Gasteiger partial charge in [-0.15, -0.1) is 0 Å². The van der Waals surface area contributed by atoms with Gasteiger partial charge >= 0.3 is 5.97 Å². The van der Waals surface area contributed by atoms with Crippen molar-refractivity contribution < 1.29 is 27.5 Å². The zero-order chi connectivity index (χ0) is 21.5. The molecule has 1 atom stereocenters. The van der Waals surface area contributed by atoms with Crippen molar-refractivity contribution >= 4 is 38.5 Å². The summed E-state index contributed by atoms with van der Waals surface area (Å²) in [5.74, 6) is -0.847. The number of anilines is 1. The van der Waals surface area contributed by atoms with Crippen LogP contribution in [0, 0.1) is 0 Å². The van der Waals surface area contributed by atoms with E-state index < -0.39 is 28.0 Å².